The van der Waals surface area contributed by atoms with Gasteiger partial charge < -0.3 is 20.4 Å². The lowest BCUT2D eigenvalue weighted by Crippen LogP contribution is -2.44. The quantitative estimate of drug-likeness (QED) is 0.860. The third kappa shape index (κ3) is 4.76. The number of anilines is 4. The molecule has 0 bridgehead atoms. The first-order valence-corrected chi connectivity index (χ1v) is 9.23. The van der Waals surface area contributed by atoms with E-state index in [1.165, 1.54) is 5.69 Å². The van der Waals surface area contributed by atoms with E-state index in [-0.39, 0.29) is 11.8 Å². The van der Waals surface area contributed by atoms with Crippen LogP contribution in [-0.4, -0.2) is 44.0 Å². The summed E-state index contributed by atoms with van der Waals surface area (Å²) >= 11 is 0. The number of hydrogen-bond donors (Lipinski definition) is 2. The van der Waals surface area contributed by atoms with Gasteiger partial charge in [-0.15, -0.1) is 0 Å². The molecular formula is C21H28N4O. The van der Waals surface area contributed by atoms with Crippen molar-refractivity contribution in [1.82, 2.24) is 4.90 Å². The highest BCUT2D eigenvalue weighted by Gasteiger charge is 2.14. The molecule has 0 aromatic heterocycles. The third-order valence-corrected chi connectivity index (χ3v) is 4.70. The molecule has 0 saturated carbocycles. The Balaban J connectivity index is 1.58. The second-order valence-corrected chi connectivity index (χ2v) is 7.18. The Hall–Kier alpha value is -2.53. The van der Waals surface area contributed by atoms with E-state index in [2.05, 4.69) is 51.7 Å². The van der Waals surface area contributed by atoms with E-state index in [1.54, 1.807) is 0 Å². The van der Waals surface area contributed by atoms with Crippen LogP contribution in [0.5, 0.6) is 0 Å². The fraction of sp³-hybridized carbons (Fsp3) is 0.381. The van der Waals surface area contributed by atoms with Crippen LogP contribution in [0.15, 0.2) is 48.5 Å². The summed E-state index contributed by atoms with van der Waals surface area (Å²) in [7, 11) is 2.17. The van der Waals surface area contributed by atoms with E-state index in [1.807, 2.05) is 38.1 Å². The topological polar surface area (TPSA) is 47.6 Å². The maximum Gasteiger partial charge on any atom is 0.226 e. The second-order valence-electron chi connectivity index (χ2n) is 7.18. The Morgan fingerprint density at radius 1 is 0.846 bits per heavy atom. The van der Waals surface area contributed by atoms with Gasteiger partial charge in [0.05, 0.1) is 0 Å². The molecule has 26 heavy (non-hydrogen) atoms. The highest BCUT2D eigenvalue weighted by atomic mass is 16.1. The number of carbonyl (C=O) groups excluding carboxylic acids is 1. The van der Waals surface area contributed by atoms with E-state index in [9.17, 15) is 4.79 Å². The van der Waals surface area contributed by atoms with Crippen LogP contribution >= 0.6 is 0 Å². The van der Waals surface area contributed by atoms with Gasteiger partial charge in [-0.25, -0.2) is 0 Å². The Morgan fingerprint density at radius 3 is 1.88 bits per heavy atom. The van der Waals surface area contributed by atoms with Gasteiger partial charge in [0.25, 0.3) is 0 Å². The summed E-state index contributed by atoms with van der Waals surface area (Å²) in [5.41, 5.74) is 4.15. The van der Waals surface area contributed by atoms with Crippen molar-refractivity contribution < 1.29 is 4.79 Å². The Kier molecular flexibility index (Phi) is 5.78. The zero-order chi connectivity index (χ0) is 18.5. The van der Waals surface area contributed by atoms with Crippen LogP contribution in [0.1, 0.15) is 13.8 Å². The molecule has 138 valence electrons. The number of nitrogens with one attached hydrogen (secondary N) is 2. The van der Waals surface area contributed by atoms with Gasteiger partial charge in [0.1, 0.15) is 0 Å². The van der Waals surface area contributed by atoms with Gasteiger partial charge in [-0.3, -0.25) is 4.79 Å². The van der Waals surface area contributed by atoms with Crippen LogP contribution in [0.3, 0.4) is 0 Å². The number of benzene rings is 2. The van der Waals surface area contributed by atoms with Crippen molar-refractivity contribution in [1.29, 1.82) is 0 Å². The molecule has 1 aliphatic rings. The Labute approximate surface area is 156 Å². The minimum absolute atomic E-state index is 0.0216. The number of amides is 1. The SMILES string of the molecule is CC(C)C(=O)Nc1ccc(Nc2ccc(N3CCN(C)CC3)cc2)cc1. The van der Waals surface area contributed by atoms with Crippen LogP contribution in [0, 0.1) is 5.92 Å². The van der Waals surface area contributed by atoms with Crippen molar-refractivity contribution in [2.75, 3.05) is 48.8 Å². The molecule has 5 heteroatoms. The van der Waals surface area contributed by atoms with Gasteiger partial charge in [0, 0.05) is 54.8 Å². The summed E-state index contributed by atoms with van der Waals surface area (Å²) in [5.74, 6) is 0.0109. The molecule has 5 nitrogen and oxygen atoms in total. The fourth-order valence-electron chi connectivity index (χ4n) is 2.91. The van der Waals surface area contributed by atoms with E-state index in [0.717, 1.165) is 43.2 Å². The summed E-state index contributed by atoms with van der Waals surface area (Å²) in [6.07, 6.45) is 0. The lowest BCUT2D eigenvalue weighted by atomic mass is 10.2. The number of carbonyl (C=O) groups is 1. The summed E-state index contributed by atoms with van der Waals surface area (Å²) in [6.45, 7) is 8.15. The highest BCUT2D eigenvalue weighted by Crippen LogP contribution is 2.23. The fourth-order valence-corrected chi connectivity index (χ4v) is 2.91. The summed E-state index contributed by atoms with van der Waals surface area (Å²) < 4.78 is 0. The Bertz CT molecular complexity index is 717. The molecule has 1 heterocycles. The van der Waals surface area contributed by atoms with Crippen molar-refractivity contribution >= 4 is 28.7 Å². The molecule has 0 spiro atoms. The first-order valence-electron chi connectivity index (χ1n) is 9.23. The van der Waals surface area contributed by atoms with E-state index >= 15 is 0 Å². The first kappa shape index (κ1) is 18.3. The maximum atomic E-state index is 11.7. The number of rotatable bonds is 5. The number of nitrogens with zero attached hydrogens (tertiary/aromatic N) is 2. The third-order valence-electron chi connectivity index (χ3n) is 4.70. The number of piperazine rings is 1. The molecule has 0 aliphatic carbocycles. The molecule has 2 aromatic rings. The zero-order valence-corrected chi connectivity index (χ0v) is 15.8. The number of likely N-dealkylation sites (N-methyl/N-ethyl adjacent to an activating group) is 1. The van der Waals surface area contributed by atoms with Gasteiger partial charge >= 0.3 is 0 Å². The Morgan fingerprint density at radius 2 is 1.35 bits per heavy atom. The van der Waals surface area contributed by atoms with E-state index < -0.39 is 0 Å². The molecule has 0 unspecified atom stereocenters. The molecule has 0 radical (unpaired) electrons. The predicted octanol–water partition coefficient (Wildman–Crippen LogP) is 3.78. The van der Waals surface area contributed by atoms with Crippen LogP contribution in [0.2, 0.25) is 0 Å². The average Bonchev–Trinajstić information content (AvgIpc) is 2.64. The highest BCUT2D eigenvalue weighted by molar-refractivity contribution is 5.92. The molecule has 2 aromatic carbocycles. The molecule has 3 rings (SSSR count). The normalized spacial score (nSPS) is 15.2. The molecule has 2 N–H and O–H groups in total. The van der Waals surface area contributed by atoms with Gasteiger partial charge in [0.2, 0.25) is 5.91 Å². The lowest BCUT2D eigenvalue weighted by Gasteiger charge is -2.34. The van der Waals surface area contributed by atoms with Crippen LogP contribution in [0.4, 0.5) is 22.7 Å². The standard InChI is InChI=1S/C21H28N4O/c1-16(2)21(26)23-19-6-4-17(5-7-19)22-18-8-10-20(11-9-18)25-14-12-24(3)13-15-25/h4-11,16,22H,12-15H2,1-3H3,(H,23,26). The summed E-state index contributed by atoms with van der Waals surface area (Å²) in [5, 5.41) is 6.31. The monoisotopic (exact) mass is 352 g/mol. The van der Waals surface area contributed by atoms with Crippen LogP contribution in [-0.2, 0) is 4.79 Å². The smallest absolute Gasteiger partial charge is 0.226 e. The van der Waals surface area contributed by atoms with Gasteiger partial charge in [-0.1, -0.05) is 13.8 Å². The zero-order valence-electron chi connectivity index (χ0n) is 15.8. The largest absolute Gasteiger partial charge is 0.369 e. The molecule has 1 amide bonds. The average molecular weight is 352 g/mol. The molecule has 1 saturated heterocycles. The van der Waals surface area contributed by atoms with Crippen molar-refractivity contribution in [3.63, 3.8) is 0 Å². The van der Waals surface area contributed by atoms with Gasteiger partial charge in [-0.2, -0.15) is 0 Å². The van der Waals surface area contributed by atoms with E-state index in [4.69, 9.17) is 0 Å². The summed E-state index contributed by atoms with van der Waals surface area (Å²) in [4.78, 5) is 16.5. The molecule has 1 fully saturated rings. The van der Waals surface area contributed by atoms with Gasteiger partial charge in [-0.05, 0) is 55.6 Å². The molecule has 0 atom stereocenters. The van der Waals surface area contributed by atoms with Crippen LogP contribution in [0.25, 0.3) is 0 Å². The minimum atomic E-state index is -0.0216. The van der Waals surface area contributed by atoms with Crippen molar-refractivity contribution in [2.24, 2.45) is 5.92 Å². The van der Waals surface area contributed by atoms with Crippen molar-refractivity contribution in [3.05, 3.63) is 48.5 Å². The predicted molar refractivity (Wildman–Crippen MR) is 109 cm³/mol. The van der Waals surface area contributed by atoms with Crippen LogP contribution < -0.4 is 15.5 Å². The molecular weight excluding hydrogens is 324 g/mol. The maximum absolute atomic E-state index is 11.7. The molecule has 1 aliphatic heterocycles. The summed E-state index contributed by atoms with van der Waals surface area (Å²) in [6, 6.07) is 16.4. The number of hydrogen-bond acceptors (Lipinski definition) is 4. The van der Waals surface area contributed by atoms with Crippen molar-refractivity contribution in [2.45, 2.75) is 13.8 Å². The lowest BCUT2D eigenvalue weighted by molar-refractivity contribution is -0.118. The second kappa shape index (κ2) is 8.23. The van der Waals surface area contributed by atoms with Crippen molar-refractivity contribution in [3.8, 4) is 0 Å². The van der Waals surface area contributed by atoms with E-state index in [0.29, 0.717) is 0 Å². The minimum Gasteiger partial charge on any atom is -0.369 e. The van der Waals surface area contributed by atoms with Gasteiger partial charge in [0.15, 0.2) is 0 Å². The first-order chi connectivity index (χ1) is 12.5.